The van der Waals surface area contributed by atoms with Crippen molar-refractivity contribution in [3.63, 3.8) is 0 Å². The van der Waals surface area contributed by atoms with Gasteiger partial charge in [0, 0.05) is 30.1 Å². The molecule has 11 nitrogen and oxygen atoms in total. The van der Waals surface area contributed by atoms with Gasteiger partial charge in [0.1, 0.15) is 17.8 Å². The molecular formula is C37H48N4O7. The van der Waals surface area contributed by atoms with E-state index in [4.69, 9.17) is 4.74 Å². The Balaban J connectivity index is 1.76. The number of aliphatic hydroxyl groups excluding tert-OH is 1. The molecule has 3 amide bonds. The molecule has 0 bridgehead atoms. The summed E-state index contributed by atoms with van der Waals surface area (Å²) in [5.41, 5.74) is 3.76. The number of likely N-dealkylation sites (N-methyl/N-ethyl adjacent to an activating group) is 1. The maximum Gasteiger partial charge on any atom is 0.308 e. The molecule has 258 valence electrons. The number of nitrogens with zero attached hydrogens (tertiary/aromatic N) is 1. The lowest BCUT2D eigenvalue weighted by molar-refractivity contribution is -0.150. The van der Waals surface area contributed by atoms with Crippen molar-refractivity contribution in [2.75, 3.05) is 7.05 Å². The summed E-state index contributed by atoms with van der Waals surface area (Å²) < 4.78 is 5.74. The molecule has 0 fully saturated rings. The van der Waals surface area contributed by atoms with Gasteiger partial charge in [0.05, 0.1) is 30.6 Å². The van der Waals surface area contributed by atoms with Gasteiger partial charge in [-0.3, -0.25) is 19.2 Å². The highest BCUT2D eigenvalue weighted by molar-refractivity contribution is 5.93. The molecule has 48 heavy (non-hydrogen) atoms. The van der Waals surface area contributed by atoms with E-state index in [9.17, 15) is 29.4 Å². The number of cyclic esters (lactones) is 1. The summed E-state index contributed by atoms with van der Waals surface area (Å²) in [5, 5.41) is 27.6. The summed E-state index contributed by atoms with van der Waals surface area (Å²) in [7, 11) is 1.53. The Hall–Kier alpha value is -4.64. The molecule has 1 aliphatic heterocycles. The van der Waals surface area contributed by atoms with Crippen LogP contribution in [-0.4, -0.2) is 75.1 Å². The van der Waals surface area contributed by atoms with Gasteiger partial charge in [0.2, 0.25) is 17.7 Å². The van der Waals surface area contributed by atoms with Gasteiger partial charge in [-0.2, -0.15) is 0 Å². The largest absolute Gasteiger partial charge is 0.508 e. The summed E-state index contributed by atoms with van der Waals surface area (Å²) in [5.74, 6) is -2.86. The molecule has 0 saturated heterocycles. The molecule has 5 N–H and O–H groups in total. The average Bonchev–Trinajstić information content (AvgIpc) is 3.35. The van der Waals surface area contributed by atoms with Crippen molar-refractivity contribution in [3.8, 4) is 5.75 Å². The van der Waals surface area contributed by atoms with Crippen LogP contribution < -0.4 is 10.6 Å². The number of phenols is 1. The number of aryl methyl sites for hydroxylation is 1. The Morgan fingerprint density at radius 3 is 2.27 bits per heavy atom. The zero-order valence-electron chi connectivity index (χ0n) is 28.7. The molecular weight excluding hydrogens is 612 g/mol. The van der Waals surface area contributed by atoms with E-state index in [1.165, 1.54) is 24.1 Å². The number of nitrogens with one attached hydrogen (secondary N) is 3. The third-order valence-electron chi connectivity index (χ3n) is 9.22. The molecule has 3 aromatic rings. The lowest BCUT2D eigenvalue weighted by atomic mass is 9.91. The molecule has 4 rings (SSSR count). The standard InChI is InChI=1S/C37H48N4O7/c1-20-16-22(3)35(45)39-25(6)37(47)41(7)32(18-29-24(5)38-30-11-9-8-10-28(29)30)36(46)40-31(26-12-14-27(42)15-13-26)19-33(43)48-23(4)17-21(2)34(20)44/h8-16,21-23,25,31-32,34,38,42,44H,17-19H2,1-7H3,(H,39,45)(H,40,46)/b20-16-/t21-,22+,23+,25+,31-,32-,34+/m1/s1. The first-order valence-corrected chi connectivity index (χ1v) is 16.4. The second-order valence-electron chi connectivity index (χ2n) is 13.2. The summed E-state index contributed by atoms with van der Waals surface area (Å²) in [4.78, 5) is 59.3. The first kappa shape index (κ1) is 36.2. The van der Waals surface area contributed by atoms with Crippen molar-refractivity contribution in [3.05, 3.63) is 77.0 Å². The number of esters is 1. The van der Waals surface area contributed by atoms with Gasteiger partial charge >= 0.3 is 5.97 Å². The van der Waals surface area contributed by atoms with Crippen molar-refractivity contribution < 1.29 is 34.1 Å². The predicted octanol–water partition coefficient (Wildman–Crippen LogP) is 4.22. The fourth-order valence-corrected chi connectivity index (χ4v) is 6.45. The molecule has 0 radical (unpaired) electrons. The van der Waals surface area contributed by atoms with Gasteiger partial charge in [-0.05, 0) is 74.9 Å². The van der Waals surface area contributed by atoms with Crippen LogP contribution >= 0.6 is 0 Å². The maximum atomic E-state index is 14.3. The Bertz CT molecular complexity index is 1660. The number of hydrogen-bond donors (Lipinski definition) is 5. The average molecular weight is 661 g/mol. The van der Waals surface area contributed by atoms with Crippen molar-refractivity contribution in [1.82, 2.24) is 20.5 Å². The molecule has 1 aromatic heterocycles. The number of amides is 3. The van der Waals surface area contributed by atoms with Crippen LogP contribution in [0.4, 0.5) is 0 Å². The summed E-state index contributed by atoms with van der Waals surface area (Å²) in [6.45, 7) is 10.5. The second-order valence-corrected chi connectivity index (χ2v) is 13.2. The number of aliphatic hydroxyl groups is 1. The third kappa shape index (κ3) is 8.63. The first-order valence-electron chi connectivity index (χ1n) is 16.4. The quantitative estimate of drug-likeness (QED) is 0.208. The van der Waals surface area contributed by atoms with Crippen LogP contribution in [0, 0.1) is 18.8 Å². The molecule has 1 aliphatic rings. The molecule has 0 spiro atoms. The van der Waals surface area contributed by atoms with Gasteiger partial charge < -0.3 is 35.5 Å². The zero-order valence-corrected chi connectivity index (χ0v) is 28.7. The van der Waals surface area contributed by atoms with Crippen LogP contribution in [-0.2, 0) is 30.3 Å². The Kier molecular flexibility index (Phi) is 11.7. The third-order valence-corrected chi connectivity index (χ3v) is 9.22. The molecule has 7 atom stereocenters. The molecule has 0 unspecified atom stereocenters. The lowest BCUT2D eigenvalue weighted by Gasteiger charge is -2.31. The highest BCUT2D eigenvalue weighted by Gasteiger charge is 2.34. The molecule has 0 aliphatic carbocycles. The predicted molar refractivity (Wildman–Crippen MR) is 183 cm³/mol. The Labute approximate surface area is 281 Å². The number of para-hydroxylation sites is 1. The number of aromatic nitrogens is 1. The van der Waals surface area contributed by atoms with Gasteiger partial charge in [0.15, 0.2) is 0 Å². The van der Waals surface area contributed by atoms with Gasteiger partial charge in [-0.1, -0.05) is 50.3 Å². The van der Waals surface area contributed by atoms with Gasteiger partial charge in [-0.25, -0.2) is 0 Å². The van der Waals surface area contributed by atoms with Crippen molar-refractivity contribution in [2.24, 2.45) is 11.8 Å². The van der Waals surface area contributed by atoms with Gasteiger partial charge in [-0.15, -0.1) is 0 Å². The van der Waals surface area contributed by atoms with Crippen LogP contribution in [0.3, 0.4) is 0 Å². The van der Waals surface area contributed by atoms with E-state index in [1.807, 2.05) is 38.1 Å². The Morgan fingerprint density at radius 2 is 1.58 bits per heavy atom. The monoisotopic (exact) mass is 660 g/mol. The van der Waals surface area contributed by atoms with Crippen molar-refractivity contribution in [1.29, 1.82) is 0 Å². The number of benzene rings is 2. The van der Waals surface area contributed by atoms with Crippen LogP contribution in [0.15, 0.2) is 60.2 Å². The SMILES string of the molecule is C/C1=C/[C@H](C)C(=O)N[C@@H](C)C(=O)N(C)[C@H](Cc2c(C)[nH]c3ccccc23)C(=O)N[C@@H](c2ccc(O)cc2)CC(=O)O[C@@H](C)C[C@@H](C)[C@H]1O. The van der Waals surface area contributed by atoms with E-state index in [0.717, 1.165) is 22.2 Å². The van der Waals surface area contributed by atoms with E-state index >= 15 is 0 Å². The molecule has 0 saturated carbocycles. The van der Waals surface area contributed by atoms with Crippen molar-refractivity contribution in [2.45, 2.75) is 91.1 Å². The van der Waals surface area contributed by atoms with Crippen molar-refractivity contribution >= 4 is 34.6 Å². The topological polar surface area (TPSA) is 161 Å². The minimum absolute atomic E-state index is 0.0256. The highest BCUT2D eigenvalue weighted by atomic mass is 16.5. The summed E-state index contributed by atoms with van der Waals surface area (Å²) in [6, 6.07) is 11.0. The number of aromatic amines is 1. The number of fused-ring (bicyclic) bond motifs is 1. The smallest absolute Gasteiger partial charge is 0.308 e. The number of phenolic OH excluding ortho intramolecular Hbond substituents is 1. The normalized spacial score (nSPS) is 28.4. The number of aromatic hydroxyl groups is 1. The number of hydrogen-bond acceptors (Lipinski definition) is 7. The van der Waals surface area contributed by atoms with Crippen LogP contribution in [0.2, 0.25) is 0 Å². The van der Waals surface area contributed by atoms with Crippen LogP contribution in [0.1, 0.15) is 70.3 Å². The number of ether oxygens (including phenoxy) is 1. The van der Waals surface area contributed by atoms with E-state index in [1.54, 1.807) is 45.9 Å². The second kappa shape index (κ2) is 15.5. The summed E-state index contributed by atoms with van der Waals surface area (Å²) >= 11 is 0. The van der Waals surface area contributed by atoms with E-state index in [0.29, 0.717) is 17.6 Å². The molecule has 2 aromatic carbocycles. The van der Waals surface area contributed by atoms with Crippen LogP contribution in [0.5, 0.6) is 5.75 Å². The van der Waals surface area contributed by atoms with Gasteiger partial charge in [0.25, 0.3) is 0 Å². The fraction of sp³-hybridized carbons (Fsp3) is 0.459. The first-order chi connectivity index (χ1) is 22.7. The maximum absolute atomic E-state index is 14.3. The molecule has 2 heterocycles. The lowest BCUT2D eigenvalue weighted by Crippen LogP contribution is -2.55. The Morgan fingerprint density at radius 1 is 0.917 bits per heavy atom. The van der Waals surface area contributed by atoms with E-state index in [-0.39, 0.29) is 24.5 Å². The van der Waals surface area contributed by atoms with Crippen LogP contribution in [0.25, 0.3) is 10.9 Å². The molecule has 11 heteroatoms. The summed E-state index contributed by atoms with van der Waals surface area (Å²) in [6.07, 6.45) is 0.542. The minimum atomic E-state index is -1.03. The minimum Gasteiger partial charge on any atom is -0.508 e. The number of rotatable bonds is 3. The highest BCUT2D eigenvalue weighted by Crippen LogP contribution is 2.27. The number of carbonyl (C=O) groups excluding carboxylic acids is 4. The zero-order chi connectivity index (χ0) is 35.3. The van der Waals surface area contributed by atoms with E-state index < -0.39 is 59.9 Å². The number of carbonyl (C=O) groups is 4. The number of H-pyrrole nitrogens is 1. The van der Waals surface area contributed by atoms with E-state index in [2.05, 4.69) is 15.6 Å². The fourth-order valence-electron chi connectivity index (χ4n) is 6.45.